The molecule has 0 bridgehead atoms. The number of imidazole rings is 1. The van der Waals surface area contributed by atoms with Crippen molar-refractivity contribution in [1.29, 1.82) is 0 Å². The summed E-state index contributed by atoms with van der Waals surface area (Å²) in [5, 5.41) is 0. The van der Waals surface area contributed by atoms with E-state index in [1.807, 2.05) is 22.5 Å². The summed E-state index contributed by atoms with van der Waals surface area (Å²) in [5.41, 5.74) is 7.54. The first-order valence-corrected chi connectivity index (χ1v) is 4.19. The first-order valence-electron chi connectivity index (χ1n) is 4.19. The van der Waals surface area contributed by atoms with Gasteiger partial charge in [-0.25, -0.2) is 4.57 Å². The number of anilines is 1. The summed E-state index contributed by atoms with van der Waals surface area (Å²) in [4.78, 5) is 8.12. The molecular formula is C8H12N5+. The van der Waals surface area contributed by atoms with Crippen LogP contribution >= 0.6 is 0 Å². The SMILES string of the molecule is CCn1c[n+](C)c2ncnc(N)c21. The van der Waals surface area contributed by atoms with Gasteiger partial charge in [0.05, 0.1) is 13.6 Å². The van der Waals surface area contributed by atoms with Crippen LogP contribution in [0.15, 0.2) is 12.7 Å². The third-order valence-corrected chi connectivity index (χ3v) is 2.11. The minimum atomic E-state index is 0.535. The zero-order valence-corrected chi connectivity index (χ0v) is 7.73. The second-order valence-electron chi connectivity index (χ2n) is 2.94. The van der Waals surface area contributed by atoms with Gasteiger partial charge in [0.1, 0.15) is 0 Å². The Kier molecular flexibility index (Phi) is 1.65. The van der Waals surface area contributed by atoms with Crippen LogP contribution in [0.1, 0.15) is 6.92 Å². The molecule has 5 heteroatoms. The quantitative estimate of drug-likeness (QED) is 0.618. The van der Waals surface area contributed by atoms with Crippen LogP contribution in [0, 0.1) is 0 Å². The minimum absolute atomic E-state index is 0.535. The molecule has 68 valence electrons. The van der Waals surface area contributed by atoms with E-state index in [0.717, 1.165) is 17.7 Å². The zero-order chi connectivity index (χ0) is 9.42. The zero-order valence-electron chi connectivity index (χ0n) is 7.73. The molecule has 2 N–H and O–H groups in total. The highest BCUT2D eigenvalue weighted by atomic mass is 15.2. The second-order valence-corrected chi connectivity index (χ2v) is 2.94. The molecule has 0 unspecified atom stereocenters. The van der Waals surface area contributed by atoms with Gasteiger partial charge in [-0.05, 0) is 6.92 Å². The van der Waals surface area contributed by atoms with E-state index >= 15 is 0 Å². The van der Waals surface area contributed by atoms with Crippen LogP contribution in [0.4, 0.5) is 5.82 Å². The summed E-state index contributed by atoms with van der Waals surface area (Å²) in [6, 6.07) is 0. The number of fused-ring (bicyclic) bond motifs is 1. The maximum Gasteiger partial charge on any atom is 0.307 e. The number of nitrogen functional groups attached to an aromatic ring is 1. The number of hydrogen-bond acceptors (Lipinski definition) is 3. The van der Waals surface area contributed by atoms with E-state index in [2.05, 4.69) is 16.9 Å². The fourth-order valence-corrected chi connectivity index (χ4v) is 1.48. The van der Waals surface area contributed by atoms with E-state index in [0.29, 0.717) is 5.82 Å². The van der Waals surface area contributed by atoms with Gasteiger partial charge in [-0.2, -0.15) is 4.98 Å². The van der Waals surface area contributed by atoms with Crippen LogP contribution < -0.4 is 10.3 Å². The fraction of sp³-hybridized carbons (Fsp3) is 0.375. The van der Waals surface area contributed by atoms with E-state index in [1.54, 1.807) is 0 Å². The summed E-state index contributed by atoms with van der Waals surface area (Å²) in [7, 11) is 1.95. The van der Waals surface area contributed by atoms with Gasteiger partial charge in [0, 0.05) is 0 Å². The Morgan fingerprint density at radius 1 is 1.54 bits per heavy atom. The minimum Gasteiger partial charge on any atom is -0.380 e. The average Bonchev–Trinajstić information content (AvgIpc) is 2.45. The summed E-state index contributed by atoms with van der Waals surface area (Å²) in [5.74, 6) is 0.535. The van der Waals surface area contributed by atoms with Gasteiger partial charge in [0.15, 0.2) is 18.5 Å². The van der Waals surface area contributed by atoms with E-state index in [4.69, 9.17) is 5.73 Å². The fourth-order valence-electron chi connectivity index (χ4n) is 1.48. The number of hydrogen-bond donors (Lipinski definition) is 1. The molecule has 0 saturated carbocycles. The highest BCUT2D eigenvalue weighted by Crippen LogP contribution is 2.12. The molecule has 0 spiro atoms. The molecule has 5 nitrogen and oxygen atoms in total. The predicted molar refractivity (Wildman–Crippen MR) is 48.8 cm³/mol. The topological polar surface area (TPSA) is 60.6 Å². The Hall–Kier alpha value is -1.65. The Morgan fingerprint density at radius 3 is 3.00 bits per heavy atom. The van der Waals surface area contributed by atoms with Crippen molar-refractivity contribution in [2.75, 3.05) is 5.73 Å². The average molecular weight is 178 g/mol. The van der Waals surface area contributed by atoms with Gasteiger partial charge in [-0.3, -0.25) is 4.57 Å². The Labute approximate surface area is 75.8 Å². The lowest BCUT2D eigenvalue weighted by Gasteiger charge is -1.93. The number of rotatable bonds is 1. The lowest BCUT2D eigenvalue weighted by Crippen LogP contribution is -2.26. The molecular weight excluding hydrogens is 166 g/mol. The van der Waals surface area contributed by atoms with Crippen molar-refractivity contribution in [3.05, 3.63) is 12.7 Å². The standard InChI is InChI=1S/C8H12N5/c1-3-13-5-12(2)8-6(13)7(9)10-4-11-8/h4-5H,3H2,1-2H3,(H2,9,10,11)/q+1. The molecule has 0 aliphatic rings. The van der Waals surface area contributed by atoms with Gasteiger partial charge < -0.3 is 5.73 Å². The smallest absolute Gasteiger partial charge is 0.307 e. The van der Waals surface area contributed by atoms with E-state index in [9.17, 15) is 0 Å². The van der Waals surface area contributed by atoms with Gasteiger partial charge in [-0.1, -0.05) is 4.98 Å². The molecule has 2 heterocycles. The Morgan fingerprint density at radius 2 is 2.31 bits per heavy atom. The van der Waals surface area contributed by atoms with E-state index in [-0.39, 0.29) is 0 Å². The van der Waals surface area contributed by atoms with Gasteiger partial charge in [-0.15, -0.1) is 0 Å². The van der Waals surface area contributed by atoms with Crippen molar-refractivity contribution in [1.82, 2.24) is 14.5 Å². The van der Waals surface area contributed by atoms with Crippen LogP contribution in [0.3, 0.4) is 0 Å². The summed E-state index contributed by atoms with van der Waals surface area (Å²) >= 11 is 0. The monoisotopic (exact) mass is 178 g/mol. The molecule has 2 aromatic rings. The van der Waals surface area contributed by atoms with Gasteiger partial charge in [0.25, 0.3) is 0 Å². The summed E-state index contributed by atoms with van der Waals surface area (Å²) in [6.07, 6.45) is 3.45. The van der Waals surface area contributed by atoms with Crippen LogP contribution in [-0.2, 0) is 13.6 Å². The number of aryl methyl sites for hydroxylation is 2. The molecule has 2 rings (SSSR count). The molecule has 0 aliphatic carbocycles. The van der Waals surface area contributed by atoms with Crippen molar-refractivity contribution in [2.45, 2.75) is 13.5 Å². The molecule has 0 amide bonds. The molecule has 0 fully saturated rings. The van der Waals surface area contributed by atoms with E-state index < -0.39 is 0 Å². The van der Waals surface area contributed by atoms with Gasteiger partial charge >= 0.3 is 5.65 Å². The van der Waals surface area contributed by atoms with Gasteiger partial charge in [0.2, 0.25) is 5.52 Å². The Balaban J connectivity index is 2.89. The maximum atomic E-state index is 5.76. The van der Waals surface area contributed by atoms with Crippen LogP contribution in [0.5, 0.6) is 0 Å². The number of aromatic nitrogens is 4. The summed E-state index contributed by atoms with van der Waals surface area (Å²) in [6.45, 7) is 2.93. The third kappa shape index (κ3) is 1.04. The molecule has 0 radical (unpaired) electrons. The lowest BCUT2D eigenvalue weighted by atomic mass is 10.5. The van der Waals surface area contributed by atoms with Crippen molar-refractivity contribution >= 4 is 17.0 Å². The molecule has 0 aliphatic heterocycles. The molecule has 13 heavy (non-hydrogen) atoms. The van der Waals surface area contributed by atoms with Crippen molar-refractivity contribution in [2.24, 2.45) is 7.05 Å². The van der Waals surface area contributed by atoms with Crippen molar-refractivity contribution in [3.8, 4) is 0 Å². The van der Waals surface area contributed by atoms with Crippen molar-refractivity contribution < 1.29 is 4.57 Å². The second kappa shape index (κ2) is 2.69. The lowest BCUT2D eigenvalue weighted by molar-refractivity contribution is -0.647. The van der Waals surface area contributed by atoms with Crippen LogP contribution in [-0.4, -0.2) is 14.5 Å². The first-order chi connectivity index (χ1) is 6.24. The van der Waals surface area contributed by atoms with E-state index in [1.165, 1.54) is 6.33 Å². The highest BCUT2D eigenvalue weighted by molar-refractivity contribution is 5.78. The largest absolute Gasteiger partial charge is 0.380 e. The molecule has 0 saturated heterocycles. The third-order valence-electron chi connectivity index (χ3n) is 2.11. The van der Waals surface area contributed by atoms with Crippen LogP contribution in [0.25, 0.3) is 11.2 Å². The molecule has 0 aromatic carbocycles. The van der Waals surface area contributed by atoms with Crippen molar-refractivity contribution in [3.63, 3.8) is 0 Å². The first kappa shape index (κ1) is 7.97. The maximum absolute atomic E-state index is 5.76. The molecule has 2 aromatic heterocycles. The Bertz CT molecular complexity index is 445. The normalized spacial score (nSPS) is 10.9. The predicted octanol–water partition coefficient (Wildman–Crippen LogP) is -0.142. The van der Waals surface area contributed by atoms with Crippen LogP contribution in [0.2, 0.25) is 0 Å². The summed E-state index contributed by atoms with van der Waals surface area (Å²) < 4.78 is 3.97. The molecule has 0 atom stereocenters. The number of nitrogens with zero attached hydrogens (tertiary/aromatic N) is 4. The number of nitrogens with two attached hydrogens (primary N) is 1. The highest BCUT2D eigenvalue weighted by Gasteiger charge is 2.15.